The maximum Gasteiger partial charge on any atom is 0.274 e. The summed E-state index contributed by atoms with van der Waals surface area (Å²) >= 11 is 0. The second kappa shape index (κ2) is 4.48. The molecule has 3 rings (SSSR count). The van der Waals surface area contributed by atoms with E-state index < -0.39 is 4.92 Å². The zero-order valence-corrected chi connectivity index (χ0v) is 10.7. The van der Waals surface area contributed by atoms with Gasteiger partial charge in [-0.25, -0.2) is 0 Å². The Kier molecular flexibility index (Phi) is 2.78. The summed E-state index contributed by atoms with van der Waals surface area (Å²) in [5, 5.41) is 10.9. The van der Waals surface area contributed by atoms with E-state index in [1.54, 1.807) is 28.8 Å². The van der Waals surface area contributed by atoms with Gasteiger partial charge in [0.25, 0.3) is 11.2 Å². The van der Waals surface area contributed by atoms with E-state index in [2.05, 4.69) is 0 Å². The van der Waals surface area contributed by atoms with Gasteiger partial charge in [-0.2, -0.15) is 0 Å². The monoisotopic (exact) mass is 271 g/mol. The third-order valence-electron chi connectivity index (χ3n) is 3.41. The predicted molar refractivity (Wildman–Crippen MR) is 75.5 cm³/mol. The fraction of sp³-hybridized carbons (Fsp3) is 0.214. The van der Waals surface area contributed by atoms with Gasteiger partial charge in [-0.3, -0.25) is 14.9 Å². The Morgan fingerprint density at radius 2 is 2.00 bits per heavy atom. The maximum atomic E-state index is 12.2. The van der Waals surface area contributed by atoms with Gasteiger partial charge >= 0.3 is 0 Å². The molecule has 1 aliphatic rings. The number of pyridine rings is 1. The summed E-state index contributed by atoms with van der Waals surface area (Å²) < 4.78 is 1.65. The summed E-state index contributed by atoms with van der Waals surface area (Å²) in [7, 11) is 0. The second-order valence-corrected chi connectivity index (χ2v) is 4.89. The smallest absolute Gasteiger partial charge is 0.274 e. The first-order valence-corrected chi connectivity index (χ1v) is 6.34. The van der Waals surface area contributed by atoms with Crippen LogP contribution in [0.15, 0.2) is 41.2 Å². The van der Waals surface area contributed by atoms with Gasteiger partial charge in [-0.05, 0) is 25.0 Å². The van der Waals surface area contributed by atoms with Gasteiger partial charge in [0.15, 0.2) is 0 Å². The van der Waals surface area contributed by atoms with Crippen LogP contribution in [0.5, 0.6) is 0 Å². The lowest BCUT2D eigenvalue weighted by molar-refractivity contribution is -0.384. The fourth-order valence-electron chi connectivity index (χ4n) is 2.28. The molecule has 6 nitrogen and oxygen atoms in total. The number of nitrogen functional groups attached to an aromatic ring is 1. The maximum absolute atomic E-state index is 12.2. The summed E-state index contributed by atoms with van der Waals surface area (Å²) in [6.45, 7) is 0. The van der Waals surface area contributed by atoms with Crippen LogP contribution in [0.3, 0.4) is 0 Å². The zero-order chi connectivity index (χ0) is 14.3. The minimum atomic E-state index is -0.444. The molecule has 0 saturated heterocycles. The van der Waals surface area contributed by atoms with Crippen molar-refractivity contribution in [3.05, 3.63) is 56.9 Å². The Morgan fingerprint density at radius 3 is 2.65 bits per heavy atom. The summed E-state index contributed by atoms with van der Waals surface area (Å²) in [5.41, 5.74) is 6.98. The largest absolute Gasteiger partial charge is 0.394 e. The SMILES string of the molecule is Nc1ccc(-c2cccc([N+](=O)[O-])c2)n(C2CC2)c1=O. The molecular formula is C14H13N3O3. The average Bonchev–Trinajstić information content (AvgIpc) is 3.26. The van der Waals surface area contributed by atoms with Crippen molar-refractivity contribution in [1.29, 1.82) is 0 Å². The lowest BCUT2D eigenvalue weighted by Crippen LogP contribution is -2.23. The van der Waals surface area contributed by atoms with E-state index in [9.17, 15) is 14.9 Å². The number of rotatable bonds is 3. The molecule has 0 aliphatic heterocycles. The Bertz CT molecular complexity index is 748. The third-order valence-corrected chi connectivity index (χ3v) is 3.41. The Labute approximate surface area is 114 Å². The van der Waals surface area contributed by atoms with Crippen molar-refractivity contribution in [3.8, 4) is 11.3 Å². The molecular weight excluding hydrogens is 258 g/mol. The number of nitrogens with zero attached hydrogens (tertiary/aromatic N) is 2. The molecule has 1 saturated carbocycles. The molecule has 1 aromatic carbocycles. The van der Waals surface area contributed by atoms with E-state index in [1.165, 1.54) is 12.1 Å². The van der Waals surface area contributed by atoms with E-state index in [0.29, 0.717) is 11.3 Å². The molecule has 1 fully saturated rings. The number of hydrogen-bond donors (Lipinski definition) is 1. The van der Waals surface area contributed by atoms with Crippen molar-refractivity contribution in [1.82, 2.24) is 4.57 Å². The molecule has 102 valence electrons. The zero-order valence-electron chi connectivity index (χ0n) is 10.7. The highest BCUT2D eigenvalue weighted by molar-refractivity contribution is 5.64. The van der Waals surface area contributed by atoms with Crippen LogP contribution in [-0.4, -0.2) is 9.49 Å². The normalized spacial score (nSPS) is 14.2. The van der Waals surface area contributed by atoms with E-state index in [0.717, 1.165) is 12.8 Å². The average molecular weight is 271 g/mol. The van der Waals surface area contributed by atoms with Crippen LogP contribution in [0.4, 0.5) is 11.4 Å². The van der Waals surface area contributed by atoms with Crippen molar-refractivity contribution in [2.75, 3.05) is 5.73 Å². The summed E-state index contributed by atoms with van der Waals surface area (Å²) in [6.07, 6.45) is 1.87. The lowest BCUT2D eigenvalue weighted by Gasteiger charge is -2.12. The van der Waals surface area contributed by atoms with Crippen LogP contribution >= 0.6 is 0 Å². The van der Waals surface area contributed by atoms with Crippen molar-refractivity contribution in [3.63, 3.8) is 0 Å². The molecule has 6 heteroatoms. The van der Waals surface area contributed by atoms with Crippen molar-refractivity contribution in [2.24, 2.45) is 0 Å². The molecule has 0 amide bonds. The van der Waals surface area contributed by atoms with Crippen LogP contribution < -0.4 is 11.3 Å². The fourth-order valence-corrected chi connectivity index (χ4v) is 2.28. The third kappa shape index (κ3) is 2.05. The molecule has 1 aromatic heterocycles. The number of benzene rings is 1. The van der Waals surface area contributed by atoms with Gasteiger partial charge in [0.2, 0.25) is 0 Å². The topological polar surface area (TPSA) is 91.2 Å². The number of hydrogen-bond acceptors (Lipinski definition) is 4. The first-order chi connectivity index (χ1) is 9.58. The van der Waals surface area contributed by atoms with E-state index in [1.807, 2.05) is 0 Å². The van der Waals surface area contributed by atoms with E-state index in [4.69, 9.17) is 5.73 Å². The molecule has 2 aromatic rings. The summed E-state index contributed by atoms with van der Waals surface area (Å²) in [5.74, 6) is 0. The van der Waals surface area contributed by atoms with Crippen molar-refractivity contribution >= 4 is 11.4 Å². The standard InChI is InChI=1S/C14H13N3O3/c15-12-6-7-13(16(14(12)18)10-4-5-10)9-2-1-3-11(8-9)17(19)20/h1-3,6-8,10H,4-5,15H2. The van der Waals surface area contributed by atoms with Gasteiger partial charge in [0.05, 0.1) is 16.3 Å². The minimum absolute atomic E-state index is 0.00845. The Morgan fingerprint density at radius 1 is 1.25 bits per heavy atom. The van der Waals surface area contributed by atoms with E-state index >= 15 is 0 Å². The lowest BCUT2D eigenvalue weighted by atomic mass is 10.1. The van der Waals surface area contributed by atoms with Crippen LogP contribution in [0.2, 0.25) is 0 Å². The van der Waals surface area contributed by atoms with Crippen LogP contribution in [0.25, 0.3) is 11.3 Å². The molecule has 0 spiro atoms. The van der Waals surface area contributed by atoms with Crippen LogP contribution in [0, 0.1) is 10.1 Å². The van der Waals surface area contributed by atoms with Gasteiger partial charge in [-0.15, -0.1) is 0 Å². The highest BCUT2D eigenvalue weighted by atomic mass is 16.6. The van der Waals surface area contributed by atoms with Gasteiger partial charge in [0, 0.05) is 23.7 Å². The van der Waals surface area contributed by atoms with Gasteiger partial charge in [0.1, 0.15) is 0 Å². The Balaban J connectivity index is 2.19. The van der Waals surface area contributed by atoms with E-state index in [-0.39, 0.29) is 23.0 Å². The number of nitrogens with two attached hydrogens (primary N) is 1. The Hall–Kier alpha value is -2.63. The number of nitro benzene ring substituents is 1. The second-order valence-electron chi connectivity index (χ2n) is 4.89. The molecule has 0 bridgehead atoms. The molecule has 20 heavy (non-hydrogen) atoms. The first-order valence-electron chi connectivity index (χ1n) is 6.34. The summed E-state index contributed by atoms with van der Waals surface area (Å²) in [6, 6.07) is 9.73. The molecule has 0 unspecified atom stereocenters. The molecule has 1 aliphatic carbocycles. The minimum Gasteiger partial charge on any atom is -0.394 e. The quantitative estimate of drug-likeness (QED) is 0.685. The number of aromatic nitrogens is 1. The number of anilines is 1. The number of nitro groups is 1. The molecule has 0 atom stereocenters. The predicted octanol–water partition coefficient (Wildman–Crippen LogP) is 2.34. The van der Waals surface area contributed by atoms with Crippen molar-refractivity contribution in [2.45, 2.75) is 18.9 Å². The number of non-ortho nitro benzene ring substituents is 1. The summed E-state index contributed by atoms with van der Waals surface area (Å²) in [4.78, 5) is 22.6. The van der Waals surface area contributed by atoms with Gasteiger partial charge in [-0.1, -0.05) is 12.1 Å². The highest BCUT2D eigenvalue weighted by Crippen LogP contribution is 2.37. The highest BCUT2D eigenvalue weighted by Gasteiger charge is 2.27. The molecule has 0 radical (unpaired) electrons. The first kappa shape index (κ1) is 12.4. The molecule has 1 heterocycles. The van der Waals surface area contributed by atoms with Gasteiger partial charge < -0.3 is 10.3 Å². The molecule has 2 N–H and O–H groups in total. The van der Waals surface area contributed by atoms with Crippen LogP contribution in [-0.2, 0) is 0 Å². The van der Waals surface area contributed by atoms with Crippen molar-refractivity contribution < 1.29 is 4.92 Å². The van der Waals surface area contributed by atoms with Crippen LogP contribution in [0.1, 0.15) is 18.9 Å².